The van der Waals surface area contributed by atoms with E-state index in [2.05, 4.69) is 9.72 Å². The highest BCUT2D eigenvalue weighted by molar-refractivity contribution is 6.29. The molecule has 0 unspecified atom stereocenters. The van der Waals surface area contributed by atoms with Crippen LogP contribution in [0, 0.1) is 0 Å². The molecule has 0 bridgehead atoms. The Bertz CT molecular complexity index is 398. The van der Waals surface area contributed by atoms with E-state index in [1.54, 1.807) is 0 Å². The lowest BCUT2D eigenvalue weighted by Crippen LogP contribution is -2.11. The fourth-order valence-corrected chi connectivity index (χ4v) is 1.26. The van der Waals surface area contributed by atoms with Gasteiger partial charge in [-0.05, 0) is 6.07 Å². The van der Waals surface area contributed by atoms with Crippen LogP contribution in [0.15, 0.2) is 6.07 Å². The Hall–Kier alpha value is -1.43. The topological polar surface area (TPSA) is 65.2 Å². The number of anilines is 1. The monoisotopic (exact) mass is 236 g/mol. The lowest BCUT2D eigenvalue weighted by molar-refractivity contribution is 0.0590. The van der Waals surface area contributed by atoms with Gasteiger partial charge in [0.2, 0.25) is 0 Å². The van der Waals surface area contributed by atoms with Crippen molar-refractivity contribution in [1.82, 2.24) is 4.98 Å². The Kier molecular flexibility index (Phi) is 3.41. The molecule has 0 aliphatic rings. The first-order chi connectivity index (χ1) is 6.97. The van der Waals surface area contributed by atoms with Crippen molar-refractivity contribution in [1.29, 1.82) is 0 Å². The van der Waals surface area contributed by atoms with Crippen molar-refractivity contribution in [3.8, 4) is 0 Å². The maximum atomic E-state index is 12.5. The number of nitrogen functional groups attached to an aromatic ring is 1. The Morgan fingerprint density at radius 2 is 2.27 bits per heavy atom. The van der Waals surface area contributed by atoms with E-state index in [0.29, 0.717) is 0 Å². The molecule has 0 fully saturated rings. The van der Waals surface area contributed by atoms with Crippen LogP contribution in [-0.4, -0.2) is 18.1 Å². The Balaban J connectivity index is 3.40. The summed E-state index contributed by atoms with van der Waals surface area (Å²) in [4.78, 5) is 14.6. The number of pyridine rings is 1. The lowest BCUT2D eigenvalue weighted by Gasteiger charge is -2.09. The summed E-state index contributed by atoms with van der Waals surface area (Å²) < 4.78 is 29.4. The quantitative estimate of drug-likeness (QED) is 0.630. The van der Waals surface area contributed by atoms with Crippen LogP contribution >= 0.6 is 11.6 Å². The highest BCUT2D eigenvalue weighted by Gasteiger charge is 2.23. The summed E-state index contributed by atoms with van der Waals surface area (Å²) in [5, 5.41) is -0.199. The zero-order chi connectivity index (χ0) is 11.6. The SMILES string of the molecule is COC(=O)c1c(C(F)F)cc(Cl)nc1N. The van der Waals surface area contributed by atoms with Gasteiger partial charge in [-0.2, -0.15) is 0 Å². The average molecular weight is 237 g/mol. The van der Waals surface area contributed by atoms with Crippen LogP contribution in [0.4, 0.5) is 14.6 Å². The van der Waals surface area contributed by atoms with Gasteiger partial charge in [0, 0.05) is 5.56 Å². The number of hydrogen-bond acceptors (Lipinski definition) is 4. The highest BCUT2D eigenvalue weighted by Crippen LogP contribution is 2.28. The summed E-state index contributed by atoms with van der Waals surface area (Å²) >= 11 is 5.44. The van der Waals surface area contributed by atoms with Gasteiger partial charge in [0.25, 0.3) is 6.43 Å². The third kappa shape index (κ3) is 2.33. The van der Waals surface area contributed by atoms with Gasteiger partial charge in [-0.25, -0.2) is 18.6 Å². The Labute approximate surface area is 89.0 Å². The number of halogens is 3. The number of ether oxygens (including phenoxy) is 1. The number of nitrogens with zero attached hydrogens (tertiary/aromatic N) is 1. The summed E-state index contributed by atoms with van der Waals surface area (Å²) in [5.74, 6) is -1.34. The molecule has 2 N–H and O–H groups in total. The van der Waals surface area contributed by atoms with Crippen molar-refractivity contribution in [3.05, 3.63) is 22.3 Å². The molecule has 0 aromatic carbocycles. The zero-order valence-corrected chi connectivity index (χ0v) is 8.39. The number of alkyl halides is 2. The predicted molar refractivity (Wildman–Crippen MR) is 50.0 cm³/mol. The van der Waals surface area contributed by atoms with Crippen LogP contribution in [0.3, 0.4) is 0 Å². The number of rotatable bonds is 2. The normalized spacial score (nSPS) is 10.5. The number of aromatic nitrogens is 1. The summed E-state index contributed by atoms with van der Waals surface area (Å²) in [5.41, 5.74) is 4.28. The van der Waals surface area contributed by atoms with Gasteiger partial charge in [-0.15, -0.1) is 0 Å². The van der Waals surface area contributed by atoms with Gasteiger partial charge in [0.1, 0.15) is 16.5 Å². The summed E-state index contributed by atoms with van der Waals surface area (Å²) in [7, 11) is 1.06. The molecule has 7 heteroatoms. The van der Waals surface area contributed by atoms with Crippen molar-refractivity contribution >= 4 is 23.4 Å². The van der Waals surface area contributed by atoms with Crippen molar-refractivity contribution in [2.24, 2.45) is 0 Å². The van der Waals surface area contributed by atoms with E-state index >= 15 is 0 Å². The number of carbonyl (C=O) groups is 1. The van der Waals surface area contributed by atoms with Gasteiger partial charge < -0.3 is 10.5 Å². The van der Waals surface area contributed by atoms with Crippen molar-refractivity contribution < 1.29 is 18.3 Å². The molecule has 0 saturated heterocycles. The lowest BCUT2D eigenvalue weighted by atomic mass is 10.1. The largest absolute Gasteiger partial charge is 0.465 e. The molecule has 0 amide bonds. The smallest absolute Gasteiger partial charge is 0.342 e. The molecule has 4 nitrogen and oxygen atoms in total. The minimum atomic E-state index is -2.87. The molecule has 1 rings (SSSR count). The molecule has 1 aromatic rings. The van der Waals surface area contributed by atoms with E-state index in [1.165, 1.54) is 0 Å². The molecule has 15 heavy (non-hydrogen) atoms. The van der Waals surface area contributed by atoms with E-state index in [0.717, 1.165) is 13.2 Å². The number of methoxy groups -OCH3 is 1. The molecule has 0 radical (unpaired) electrons. The van der Waals surface area contributed by atoms with Crippen LogP contribution in [0.1, 0.15) is 22.3 Å². The van der Waals surface area contributed by atoms with E-state index in [4.69, 9.17) is 17.3 Å². The Morgan fingerprint density at radius 1 is 1.67 bits per heavy atom. The third-order valence-corrected chi connectivity index (χ3v) is 1.86. The van der Waals surface area contributed by atoms with Gasteiger partial charge >= 0.3 is 5.97 Å². The second-order valence-electron chi connectivity index (χ2n) is 2.59. The van der Waals surface area contributed by atoms with Crippen LogP contribution in [-0.2, 0) is 4.74 Å². The minimum absolute atomic E-state index is 0.199. The van der Waals surface area contributed by atoms with Gasteiger partial charge in [0.15, 0.2) is 0 Å². The third-order valence-electron chi connectivity index (χ3n) is 1.67. The van der Waals surface area contributed by atoms with E-state index < -0.39 is 23.5 Å². The molecule has 0 spiro atoms. The van der Waals surface area contributed by atoms with Crippen LogP contribution in [0.5, 0.6) is 0 Å². The average Bonchev–Trinajstić information content (AvgIpc) is 2.15. The minimum Gasteiger partial charge on any atom is -0.465 e. The molecule has 1 aromatic heterocycles. The van der Waals surface area contributed by atoms with Crippen molar-refractivity contribution in [2.45, 2.75) is 6.43 Å². The molecule has 0 aliphatic carbocycles. The highest BCUT2D eigenvalue weighted by atomic mass is 35.5. The summed E-state index contributed by atoms with van der Waals surface area (Å²) in [6, 6.07) is 0.884. The van der Waals surface area contributed by atoms with Crippen molar-refractivity contribution in [2.75, 3.05) is 12.8 Å². The zero-order valence-electron chi connectivity index (χ0n) is 7.63. The fraction of sp³-hybridized carbons (Fsp3) is 0.250. The maximum Gasteiger partial charge on any atom is 0.342 e. The van der Waals surface area contributed by atoms with E-state index in [9.17, 15) is 13.6 Å². The van der Waals surface area contributed by atoms with E-state index in [1.807, 2.05) is 0 Å². The van der Waals surface area contributed by atoms with Gasteiger partial charge in [0.05, 0.1) is 7.11 Å². The number of nitrogens with two attached hydrogens (primary N) is 1. The molecule has 0 saturated carbocycles. The van der Waals surface area contributed by atoms with Crippen LogP contribution < -0.4 is 5.73 Å². The first kappa shape index (κ1) is 11.6. The molecule has 0 atom stereocenters. The van der Waals surface area contributed by atoms with Crippen LogP contribution in [0.2, 0.25) is 5.15 Å². The first-order valence-electron chi connectivity index (χ1n) is 3.79. The fourth-order valence-electron chi connectivity index (χ4n) is 1.05. The molecule has 1 heterocycles. The molecule has 82 valence electrons. The van der Waals surface area contributed by atoms with E-state index in [-0.39, 0.29) is 11.0 Å². The number of esters is 1. The first-order valence-corrected chi connectivity index (χ1v) is 4.17. The molecular formula is C8H7ClF2N2O2. The standard InChI is InChI=1S/C8H7ClF2N2O2/c1-15-8(14)5-3(6(10)11)2-4(9)13-7(5)12/h2,6H,1H3,(H2,12,13). The second kappa shape index (κ2) is 4.39. The van der Waals surface area contributed by atoms with Crippen LogP contribution in [0.25, 0.3) is 0 Å². The second-order valence-corrected chi connectivity index (χ2v) is 2.97. The number of carbonyl (C=O) groups excluding carboxylic acids is 1. The number of hydrogen-bond donors (Lipinski definition) is 1. The van der Waals surface area contributed by atoms with Crippen molar-refractivity contribution in [3.63, 3.8) is 0 Å². The summed E-state index contributed by atoms with van der Waals surface area (Å²) in [6.45, 7) is 0. The van der Waals surface area contributed by atoms with Gasteiger partial charge in [-0.1, -0.05) is 11.6 Å². The summed E-state index contributed by atoms with van der Waals surface area (Å²) in [6.07, 6.45) is -2.87. The molecule has 0 aliphatic heterocycles. The molecular weight excluding hydrogens is 230 g/mol. The van der Waals surface area contributed by atoms with Gasteiger partial charge in [-0.3, -0.25) is 0 Å². The maximum absolute atomic E-state index is 12.5. The predicted octanol–water partition coefficient (Wildman–Crippen LogP) is 2.04. The Morgan fingerprint density at radius 3 is 2.73 bits per heavy atom.